The number of rotatable bonds is 4. The lowest BCUT2D eigenvalue weighted by atomic mass is 9.62. The third-order valence-electron chi connectivity index (χ3n) is 6.34. The fraction of sp³-hybridized carbons (Fsp3) is 0.360. The number of benzene rings is 2. The van der Waals surface area contributed by atoms with Crippen LogP contribution in [-0.4, -0.2) is 29.1 Å². The molecule has 0 aromatic heterocycles. The molecule has 0 bridgehead atoms. The molecule has 4 heteroatoms. The number of hydrogen-bond acceptors (Lipinski definition) is 4. The summed E-state index contributed by atoms with van der Waals surface area (Å²) in [5.41, 5.74) is 1.57. The van der Waals surface area contributed by atoms with E-state index in [0.717, 1.165) is 23.1 Å². The predicted octanol–water partition coefficient (Wildman–Crippen LogP) is 4.15. The van der Waals surface area contributed by atoms with E-state index >= 15 is 0 Å². The quantitative estimate of drug-likeness (QED) is 0.629. The number of carbonyl (C=O) groups is 2. The predicted molar refractivity (Wildman–Crippen MR) is 111 cm³/mol. The molecule has 2 saturated carbocycles. The molecule has 0 amide bonds. The Bertz CT molecular complexity index is 918. The Kier molecular flexibility index (Phi) is 5.37. The van der Waals surface area contributed by atoms with Gasteiger partial charge in [-0.15, -0.1) is 0 Å². The average Bonchev–Trinajstić information content (AvgIpc) is 3.04. The zero-order valence-electron chi connectivity index (χ0n) is 16.6. The van der Waals surface area contributed by atoms with E-state index in [1.54, 1.807) is 6.92 Å². The lowest BCUT2D eigenvalue weighted by Gasteiger charge is -2.44. The Balaban J connectivity index is 1.77. The topological polar surface area (TPSA) is 63.6 Å². The number of fused-ring (bicyclic) bond motifs is 1. The molecule has 4 atom stereocenters. The molecule has 4 nitrogen and oxygen atoms in total. The van der Waals surface area contributed by atoms with Crippen LogP contribution in [-0.2, 0) is 14.3 Å². The lowest BCUT2D eigenvalue weighted by molar-refractivity contribution is -0.159. The summed E-state index contributed by atoms with van der Waals surface area (Å²) in [4.78, 5) is 25.9. The summed E-state index contributed by atoms with van der Waals surface area (Å²) in [5, 5.41) is 11.7. The van der Waals surface area contributed by atoms with Crippen LogP contribution >= 0.6 is 0 Å². The summed E-state index contributed by atoms with van der Waals surface area (Å²) in [6.45, 7) is 1.98. The molecule has 150 valence electrons. The maximum absolute atomic E-state index is 13.2. The Hall–Kier alpha value is -2.72. The number of Topliss-reactive ketones (excluding diaryl/α,β-unsaturated/α-hetero) is 1. The molecule has 4 rings (SSSR count). The molecule has 0 saturated heterocycles. The van der Waals surface area contributed by atoms with Gasteiger partial charge in [0.05, 0.1) is 12.2 Å². The van der Waals surface area contributed by atoms with Crippen molar-refractivity contribution < 1.29 is 19.4 Å². The van der Waals surface area contributed by atoms with Gasteiger partial charge in [-0.1, -0.05) is 66.7 Å². The van der Waals surface area contributed by atoms with Gasteiger partial charge in [-0.25, -0.2) is 0 Å². The third kappa shape index (κ3) is 3.53. The normalized spacial score (nSPS) is 30.2. The zero-order chi connectivity index (χ0) is 20.4. The number of ketones is 1. The van der Waals surface area contributed by atoms with E-state index in [1.165, 1.54) is 0 Å². The van der Waals surface area contributed by atoms with Crippen LogP contribution in [0.1, 0.15) is 43.2 Å². The maximum Gasteiger partial charge on any atom is 0.317 e. The molecule has 2 fully saturated rings. The third-order valence-corrected chi connectivity index (χ3v) is 6.34. The van der Waals surface area contributed by atoms with Crippen LogP contribution in [0, 0.1) is 11.8 Å². The average molecular weight is 390 g/mol. The minimum atomic E-state index is -1.23. The molecular formula is C25H26O4. The first-order chi connectivity index (χ1) is 14.0. The van der Waals surface area contributed by atoms with Gasteiger partial charge in [-0.3, -0.25) is 9.59 Å². The lowest BCUT2D eigenvalue weighted by Crippen LogP contribution is -2.51. The second-order valence-electron chi connectivity index (χ2n) is 7.96. The second-order valence-corrected chi connectivity index (χ2v) is 7.96. The molecule has 1 N–H and O–H groups in total. The van der Waals surface area contributed by atoms with E-state index < -0.39 is 17.5 Å². The van der Waals surface area contributed by atoms with Crippen LogP contribution in [0.2, 0.25) is 0 Å². The van der Waals surface area contributed by atoms with Gasteiger partial charge in [0.15, 0.2) is 5.78 Å². The van der Waals surface area contributed by atoms with Crippen molar-refractivity contribution in [1.29, 1.82) is 0 Å². The zero-order valence-corrected chi connectivity index (χ0v) is 16.6. The summed E-state index contributed by atoms with van der Waals surface area (Å²) >= 11 is 0. The van der Waals surface area contributed by atoms with Gasteiger partial charge >= 0.3 is 5.97 Å². The van der Waals surface area contributed by atoms with Gasteiger partial charge < -0.3 is 9.84 Å². The van der Waals surface area contributed by atoms with Crippen LogP contribution in [0.25, 0.3) is 6.08 Å². The summed E-state index contributed by atoms with van der Waals surface area (Å²) in [6, 6.07) is 19.5. The highest BCUT2D eigenvalue weighted by atomic mass is 16.5. The summed E-state index contributed by atoms with van der Waals surface area (Å²) in [7, 11) is 0. The molecule has 2 aromatic carbocycles. The SMILES string of the molecule is CCOC(=O)C1C(=O)CC2(O)C(=Cc3ccccc3)CCC2C1c1ccccc1. The number of esters is 1. The van der Waals surface area contributed by atoms with E-state index in [0.29, 0.717) is 6.42 Å². The van der Waals surface area contributed by atoms with Gasteiger partial charge in [-0.05, 0) is 36.5 Å². The van der Waals surface area contributed by atoms with E-state index in [1.807, 2.05) is 66.7 Å². The Morgan fingerprint density at radius 2 is 1.79 bits per heavy atom. The molecule has 0 radical (unpaired) electrons. The molecule has 4 unspecified atom stereocenters. The minimum absolute atomic E-state index is 0.0385. The van der Waals surface area contributed by atoms with E-state index in [9.17, 15) is 14.7 Å². The number of carbonyl (C=O) groups excluding carboxylic acids is 2. The Morgan fingerprint density at radius 1 is 1.14 bits per heavy atom. The van der Waals surface area contributed by atoms with Gasteiger partial charge in [0.2, 0.25) is 0 Å². The van der Waals surface area contributed by atoms with Crippen LogP contribution in [0.4, 0.5) is 0 Å². The van der Waals surface area contributed by atoms with Crippen molar-refractivity contribution in [2.24, 2.45) is 11.8 Å². The molecule has 2 aliphatic carbocycles. The molecule has 29 heavy (non-hydrogen) atoms. The number of ether oxygens (including phenoxy) is 1. The molecule has 0 spiro atoms. The summed E-state index contributed by atoms with van der Waals surface area (Å²) in [6.07, 6.45) is 3.41. The van der Waals surface area contributed by atoms with Gasteiger partial charge in [0, 0.05) is 18.3 Å². The highest BCUT2D eigenvalue weighted by molar-refractivity contribution is 6.02. The molecular weight excluding hydrogens is 364 g/mol. The van der Waals surface area contributed by atoms with Crippen molar-refractivity contribution in [3.63, 3.8) is 0 Å². The fourth-order valence-corrected chi connectivity index (χ4v) is 5.09. The maximum atomic E-state index is 13.2. The van der Waals surface area contributed by atoms with Crippen LogP contribution in [0.15, 0.2) is 66.2 Å². The first kappa shape index (κ1) is 19.6. The van der Waals surface area contributed by atoms with Crippen LogP contribution in [0.5, 0.6) is 0 Å². The standard InChI is InChI=1S/C25H26O4/c1-2-29-24(27)23-21(26)16-25(28)19(15-17-9-5-3-6-10-17)13-14-20(25)22(23)18-11-7-4-8-12-18/h3-12,15,20,22-23,28H,2,13-14,16H2,1H3. The van der Waals surface area contributed by atoms with Crippen molar-refractivity contribution in [2.75, 3.05) is 6.61 Å². The number of hydrogen-bond donors (Lipinski definition) is 1. The van der Waals surface area contributed by atoms with Crippen LogP contribution in [0.3, 0.4) is 0 Å². The monoisotopic (exact) mass is 390 g/mol. The number of aliphatic hydroxyl groups is 1. The summed E-state index contributed by atoms with van der Waals surface area (Å²) < 4.78 is 5.25. The molecule has 0 aliphatic heterocycles. The smallest absolute Gasteiger partial charge is 0.317 e. The van der Waals surface area contributed by atoms with Crippen molar-refractivity contribution in [3.8, 4) is 0 Å². The van der Waals surface area contributed by atoms with Gasteiger partial charge in [-0.2, -0.15) is 0 Å². The van der Waals surface area contributed by atoms with Crippen molar-refractivity contribution in [3.05, 3.63) is 77.4 Å². The first-order valence-electron chi connectivity index (χ1n) is 10.3. The molecule has 2 aliphatic rings. The van der Waals surface area contributed by atoms with Crippen molar-refractivity contribution >= 4 is 17.8 Å². The Morgan fingerprint density at radius 3 is 2.45 bits per heavy atom. The second kappa shape index (κ2) is 7.96. The largest absolute Gasteiger partial charge is 0.465 e. The minimum Gasteiger partial charge on any atom is -0.465 e. The van der Waals surface area contributed by atoms with E-state index in [-0.39, 0.29) is 30.6 Å². The van der Waals surface area contributed by atoms with E-state index in [4.69, 9.17) is 4.74 Å². The first-order valence-corrected chi connectivity index (χ1v) is 10.3. The van der Waals surface area contributed by atoms with Crippen LogP contribution < -0.4 is 0 Å². The highest BCUT2D eigenvalue weighted by Gasteiger charge is 2.59. The van der Waals surface area contributed by atoms with Crippen molar-refractivity contribution in [2.45, 2.75) is 37.7 Å². The Labute approximate surface area is 171 Å². The van der Waals surface area contributed by atoms with Gasteiger partial charge in [0.1, 0.15) is 5.92 Å². The molecule has 2 aromatic rings. The fourth-order valence-electron chi connectivity index (χ4n) is 5.09. The highest BCUT2D eigenvalue weighted by Crippen LogP contribution is 2.56. The van der Waals surface area contributed by atoms with Crippen molar-refractivity contribution in [1.82, 2.24) is 0 Å². The van der Waals surface area contributed by atoms with E-state index in [2.05, 4.69) is 0 Å². The summed E-state index contributed by atoms with van der Waals surface area (Å²) in [5.74, 6) is -2.17. The van der Waals surface area contributed by atoms with Gasteiger partial charge in [0.25, 0.3) is 0 Å². The molecule has 0 heterocycles.